The second kappa shape index (κ2) is 6.42. The molecular formula is C21H25N3. The molecule has 0 saturated carbocycles. The molecule has 3 nitrogen and oxygen atoms in total. The van der Waals surface area contributed by atoms with Crippen LogP contribution < -0.4 is 5.32 Å². The van der Waals surface area contributed by atoms with Gasteiger partial charge in [0.15, 0.2) is 0 Å². The number of rotatable bonds is 5. The van der Waals surface area contributed by atoms with Gasteiger partial charge in [0.1, 0.15) is 0 Å². The number of aromatic nitrogens is 1. The predicted molar refractivity (Wildman–Crippen MR) is 99.9 cm³/mol. The molecular weight excluding hydrogens is 294 g/mol. The predicted octanol–water partition coefficient (Wildman–Crippen LogP) is 3.92. The van der Waals surface area contributed by atoms with E-state index in [1.165, 1.54) is 28.5 Å². The van der Waals surface area contributed by atoms with Gasteiger partial charge in [0.25, 0.3) is 0 Å². The molecule has 1 fully saturated rings. The minimum atomic E-state index is 0.188. The molecule has 124 valence electrons. The number of hydrogen-bond donors (Lipinski definition) is 2. The molecule has 3 aromatic rings. The summed E-state index contributed by atoms with van der Waals surface area (Å²) in [7, 11) is 0. The molecule has 24 heavy (non-hydrogen) atoms. The lowest BCUT2D eigenvalue weighted by Gasteiger charge is -2.27. The first-order valence-electron chi connectivity index (χ1n) is 8.78. The molecule has 3 heteroatoms. The van der Waals surface area contributed by atoms with E-state index in [1.54, 1.807) is 0 Å². The molecule has 2 heterocycles. The number of H-pyrrole nitrogens is 1. The van der Waals surface area contributed by atoms with Gasteiger partial charge in [-0.1, -0.05) is 42.5 Å². The van der Waals surface area contributed by atoms with Crippen LogP contribution in [0.15, 0.2) is 60.8 Å². The lowest BCUT2D eigenvalue weighted by molar-refractivity contribution is 0.285. The third kappa shape index (κ3) is 3.23. The molecule has 1 saturated heterocycles. The third-order valence-electron chi connectivity index (χ3n) is 5.19. The Hall–Kier alpha value is -2.10. The van der Waals surface area contributed by atoms with Crippen LogP contribution in [0.5, 0.6) is 0 Å². The monoisotopic (exact) mass is 319 g/mol. The maximum atomic E-state index is 3.82. The molecule has 1 aliphatic rings. The molecule has 1 unspecified atom stereocenters. The number of hydrogen-bond acceptors (Lipinski definition) is 2. The molecule has 0 radical (unpaired) electrons. The summed E-state index contributed by atoms with van der Waals surface area (Å²) in [5.41, 5.74) is 4.18. The largest absolute Gasteiger partial charge is 0.361 e. The van der Waals surface area contributed by atoms with Gasteiger partial charge in [0.05, 0.1) is 0 Å². The number of benzene rings is 2. The standard InChI is InChI=1S/C21H25N3/c1-21(11-13-24(16-21)15-17-6-3-2-4-7-17)23-14-18-8-5-9-20-19(18)10-12-22-20/h2-10,12,22-23H,11,13-16H2,1H3. The lowest BCUT2D eigenvalue weighted by atomic mass is 10.0. The Balaban J connectivity index is 1.39. The fourth-order valence-electron chi connectivity index (χ4n) is 3.79. The summed E-state index contributed by atoms with van der Waals surface area (Å²) in [6, 6.07) is 19.4. The van der Waals surface area contributed by atoms with Crippen molar-refractivity contribution in [3.8, 4) is 0 Å². The zero-order valence-electron chi connectivity index (χ0n) is 14.3. The fraction of sp³-hybridized carbons (Fsp3) is 0.333. The van der Waals surface area contributed by atoms with Crippen LogP contribution >= 0.6 is 0 Å². The smallest absolute Gasteiger partial charge is 0.0457 e. The first-order chi connectivity index (χ1) is 11.7. The molecule has 1 aliphatic heterocycles. The topological polar surface area (TPSA) is 31.1 Å². The molecule has 0 aliphatic carbocycles. The zero-order chi connectivity index (χ0) is 16.4. The highest BCUT2D eigenvalue weighted by Crippen LogP contribution is 2.24. The minimum absolute atomic E-state index is 0.188. The van der Waals surface area contributed by atoms with Gasteiger partial charge in [-0.25, -0.2) is 0 Å². The van der Waals surface area contributed by atoms with Crippen LogP contribution in [0, 0.1) is 0 Å². The summed E-state index contributed by atoms with van der Waals surface area (Å²) < 4.78 is 0. The van der Waals surface area contributed by atoms with Crippen molar-refractivity contribution in [3.05, 3.63) is 71.9 Å². The van der Waals surface area contributed by atoms with Crippen LogP contribution in [0.1, 0.15) is 24.5 Å². The quantitative estimate of drug-likeness (QED) is 0.747. The van der Waals surface area contributed by atoms with Crippen LogP contribution in [0.3, 0.4) is 0 Å². The van der Waals surface area contributed by atoms with Gasteiger partial charge in [-0.15, -0.1) is 0 Å². The maximum Gasteiger partial charge on any atom is 0.0457 e. The SMILES string of the molecule is CC1(NCc2cccc3[nH]ccc23)CCN(Cc2ccccc2)C1. The van der Waals surface area contributed by atoms with Gasteiger partial charge < -0.3 is 10.3 Å². The number of aromatic amines is 1. The molecule has 2 N–H and O–H groups in total. The summed E-state index contributed by atoms with van der Waals surface area (Å²) in [6.45, 7) is 6.59. The van der Waals surface area contributed by atoms with Crippen LogP contribution in [0.2, 0.25) is 0 Å². The van der Waals surface area contributed by atoms with Crippen LogP contribution in [-0.4, -0.2) is 28.5 Å². The Labute approximate surface area is 143 Å². The van der Waals surface area contributed by atoms with Gasteiger partial charge in [0, 0.05) is 48.8 Å². The van der Waals surface area contributed by atoms with Crippen molar-refractivity contribution in [2.24, 2.45) is 0 Å². The van der Waals surface area contributed by atoms with E-state index in [0.717, 1.165) is 26.2 Å². The molecule has 0 bridgehead atoms. The second-order valence-corrected chi connectivity index (χ2v) is 7.22. The number of nitrogens with one attached hydrogen (secondary N) is 2. The first kappa shape index (κ1) is 15.4. The van der Waals surface area contributed by atoms with Crippen LogP contribution in [0.25, 0.3) is 10.9 Å². The highest BCUT2D eigenvalue weighted by atomic mass is 15.2. The van der Waals surface area contributed by atoms with Crippen molar-refractivity contribution < 1.29 is 0 Å². The van der Waals surface area contributed by atoms with Gasteiger partial charge in [-0.2, -0.15) is 0 Å². The van der Waals surface area contributed by atoms with Crippen molar-refractivity contribution in [1.29, 1.82) is 0 Å². The molecule has 2 aromatic carbocycles. The van der Waals surface area contributed by atoms with Crippen molar-refractivity contribution in [3.63, 3.8) is 0 Å². The Morgan fingerprint density at radius 2 is 1.96 bits per heavy atom. The maximum absolute atomic E-state index is 3.82. The van der Waals surface area contributed by atoms with E-state index in [2.05, 4.69) is 76.7 Å². The van der Waals surface area contributed by atoms with E-state index in [0.29, 0.717) is 0 Å². The number of likely N-dealkylation sites (tertiary alicyclic amines) is 1. The second-order valence-electron chi connectivity index (χ2n) is 7.22. The number of fused-ring (bicyclic) bond motifs is 1. The van der Waals surface area contributed by atoms with Crippen molar-refractivity contribution >= 4 is 10.9 Å². The average Bonchev–Trinajstić information content (AvgIpc) is 3.21. The van der Waals surface area contributed by atoms with E-state index in [-0.39, 0.29) is 5.54 Å². The highest BCUT2D eigenvalue weighted by Gasteiger charge is 2.33. The van der Waals surface area contributed by atoms with E-state index >= 15 is 0 Å². The highest BCUT2D eigenvalue weighted by molar-refractivity contribution is 5.82. The summed E-state index contributed by atoms with van der Waals surface area (Å²) in [5, 5.41) is 5.14. The minimum Gasteiger partial charge on any atom is -0.361 e. The zero-order valence-corrected chi connectivity index (χ0v) is 14.3. The molecule has 1 atom stereocenters. The van der Waals surface area contributed by atoms with Crippen molar-refractivity contribution in [1.82, 2.24) is 15.2 Å². The van der Waals surface area contributed by atoms with E-state index < -0.39 is 0 Å². The Morgan fingerprint density at radius 1 is 1.08 bits per heavy atom. The Morgan fingerprint density at radius 3 is 2.83 bits per heavy atom. The Kier molecular flexibility index (Phi) is 4.13. The molecule has 0 amide bonds. The molecule has 0 spiro atoms. The summed E-state index contributed by atoms with van der Waals surface area (Å²) >= 11 is 0. The summed E-state index contributed by atoms with van der Waals surface area (Å²) in [6.07, 6.45) is 3.22. The molecule has 4 rings (SSSR count). The summed E-state index contributed by atoms with van der Waals surface area (Å²) in [4.78, 5) is 5.85. The van der Waals surface area contributed by atoms with E-state index in [9.17, 15) is 0 Å². The first-order valence-corrected chi connectivity index (χ1v) is 8.78. The average molecular weight is 319 g/mol. The Bertz CT molecular complexity index is 808. The van der Waals surface area contributed by atoms with Gasteiger partial charge in [0.2, 0.25) is 0 Å². The van der Waals surface area contributed by atoms with Gasteiger partial charge in [-0.05, 0) is 36.6 Å². The van der Waals surface area contributed by atoms with Crippen molar-refractivity contribution in [2.75, 3.05) is 13.1 Å². The molecule has 1 aromatic heterocycles. The third-order valence-corrected chi connectivity index (χ3v) is 5.19. The van der Waals surface area contributed by atoms with Gasteiger partial charge >= 0.3 is 0 Å². The van der Waals surface area contributed by atoms with Crippen LogP contribution in [0.4, 0.5) is 0 Å². The van der Waals surface area contributed by atoms with E-state index in [1.807, 2.05) is 6.20 Å². The number of nitrogens with zero attached hydrogens (tertiary/aromatic N) is 1. The lowest BCUT2D eigenvalue weighted by Crippen LogP contribution is -2.44. The van der Waals surface area contributed by atoms with Crippen molar-refractivity contribution in [2.45, 2.75) is 32.0 Å². The normalized spacial score (nSPS) is 21.5. The van der Waals surface area contributed by atoms with Crippen LogP contribution in [-0.2, 0) is 13.1 Å². The summed E-state index contributed by atoms with van der Waals surface area (Å²) in [5.74, 6) is 0. The fourth-order valence-corrected chi connectivity index (χ4v) is 3.79. The van der Waals surface area contributed by atoms with Gasteiger partial charge in [-0.3, -0.25) is 4.90 Å². The van der Waals surface area contributed by atoms with E-state index in [4.69, 9.17) is 0 Å².